The van der Waals surface area contributed by atoms with Crippen LogP contribution in [0.25, 0.3) is 0 Å². The van der Waals surface area contributed by atoms with Gasteiger partial charge in [0.2, 0.25) is 0 Å². The first-order valence-corrected chi connectivity index (χ1v) is 14.3. The van der Waals surface area contributed by atoms with Crippen molar-refractivity contribution in [1.29, 1.82) is 0 Å². The molecular weight excluding hydrogens is 641 g/mol. The summed E-state index contributed by atoms with van der Waals surface area (Å²) in [6.07, 6.45) is -1.59. The Morgan fingerprint density at radius 1 is 0.596 bits per heavy atom. The van der Waals surface area contributed by atoms with Crippen LogP contribution >= 0.6 is 0 Å². The van der Waals surface area contributed by atoms with E-state index in [1.54, 1.807) is 13.0 Å². The summed E-state index contributed by atoms with van der Waals surface area (Å²) < 4.78 is 150. The standard InChI is InChI=1S/C33H27BF10N2O/c1-13(2)17-9-7-10-18(14(3)4)33(17)45-15(5)19-11-8-12-20(46-19)16(6)47-34(21-23(35)27(39)31(43)28(40)24(21)36)22-25(37)29(41)32(44)30(42)26(22)38/h7-14,16H,1-6H3. The lowest BCUT2D eigenvalue weighted by atomic mass is 9.54. The van der Waals surface area contributed by atoms with E-state index < -0.39 is 82.1 Å². The van der Waals surface area contributed by atoms with E-state index in [1.807, 2.05) is 45.9 Å². The van der Waals surface area contributed by atoms with Gasteiger partial charge in [-0.2, -0.15) is 0 Å². The van der Waals surface area contributed by atoms with Crippen LogP contribution in [0.3, 0.4) is 0 Å². The van der Waals surface area contributed by atoms with Crippen LogP contribution < -0.4 is 10.9 Å². The molecule has 3 aromatic carbocycles. The van der Waals surface area contributed by atoms with Crippen molar-refractivity contribution in [1.82, 2.24) is 4.98 Å². The third-order valence-corrected chi connectivity index (χ3v) is 7.53. The van der Waals surface area contributed by atoms with Gasteiger partial charge in [0.25, 0.3) is 0 Å². The number of hydrogen-bond donors (Lipinski definition) is 0. The van der Waals surface area contributed by atoms with Crippen molar-refractivity contribution in [3.05, 3.63) is 117 Å². The predicted octanol–water partition coefficient (Wildman–Crippen LogP) is 8.74. The highest BCUT2D eigenvalue weighted by Gasteiger charge is 2.42. The summed E-state index contributed by atoms with van der Waals surface area (Å²) >= 11 is 0. The Hall–Kier alpha value is -4.20. The average Bonchev–Trinajstić information content (AvgIpc) is 3.04. The quantitative estimate of drug-likeness (QED) is 0.0588. The second-order valence-corrected chi connectivity index (χ2v) is 11.4. The van der Waals surface area contributed by atoms with Gasteiger partial charge in [-0.15, -0.1) is 0 Å². The normalized spacial score (nSPS) is 12.8. The molecule has 0 aliphatic heterocycles. The lowest BCUT2D eigenvalue weighted by molar-refractivity contribution is 0.229. The molecule has 4 rings (SSSR count). The minimum absolute atomic E-state index is 0.101. The zero-order valence-electron chi connectivity index (χ0n) is 25.9. The van der Waals surface area contributed by atoms with E-state index in [0.717, 1.165) is 18.1 Å². The molecule has 0 aliphatic carbocycles. The number of nitrogens with zero attached hydrogens (tertiary/aromatic N) is 2. The van der Waals surface area contributed by atoms with Gasteiger partial charge in [-0.1, -0.05) is 52.0 Å². The van der Waals surface area contributed by atoms with E-state index >= 15 is 0 Å². The molecule has 1 unspecified atom stereocenters. The number of pyridine rings is 1. The van der Waals surface area contributed by atoms with Crippen LogP contribution in [0.2, 0.25) is 0 Å². The molecule has 1 atom stereocenters. The molecule has 0 N–H and O–H groups in total. The Balaban J connectivity index is 1.86. The van der Waals surface area contributed by atoms with E-state index in [-0.39, 0.29) is 23.2 Å². The number of halogens is 10. The molecule has 0 bridgehead atoms. The molecule has 14 heteroatoms. The van der Waals surface area contributed by atoms with Gasteiger partial charge in [-0.3, -0.25) is 4.99 Å². The van der Waals surface area contributed by atoms with E-state index in [0.29, 0.717) is 11.4 Å². The van der Waals surface area contributed by atoms with Crippen LogP contribution in [-0.4, -0.2) is 17.6 Å². The van der Waals surface area contributed by atoms with Gasteiger partial charge in [0.1, 0.15) is 0 Å². The fraction of sp³-hybridized carbons (Fsp3) is 0.273. The molecule has 3 nitrogen and oxygen atoms in total. The Morgan fingerprint density at radius 3 is 1.38 bits per heavy atom. The second kappa shape index (κ2) is 13.9. The third-order valence-electron chi connectivity index (χ3n) is 7.53. The van der Waals surface area contributed by atoms with Crippen LogP contribution in [-0.2, 0) is 4.65 Å². The molecular formula is C33H27BF10N2O. The van der Waals surface area contributed by atoms with Crippen molar-refractivity contribution in [2.24, 2.45) is 4.99 Å². The van der Waals surface area contributed by atoms with Crippen molar-refractivity contribution in [2.45, 2.75) is 59.5 Å². The van der Waals surface area contributed by atoms with Crippen LogP contribution in [0.5, 0.6) is 0 Å². The molecule has 0 aliphatic rings. The first kappa shape index (κ1) is 35.7. The van der Waals surface area contributed by atoms with Crippen LogP contribution in [0.1, 0.15) is 82.0 Å². The molecule has 0 fully saturated rings. The van der Waals surface area contributed by atoms with Crippen molar-refractivity contribution in [2.75, 3.05) is 0 Å². The highest BCUT2D eigenvalue weighted by molar-refractivity contribution is 6.80. The van der Waals surface area contributed by atoms with Gasteiger partial charge in [0.05, 0.1) is 28.9 Å². The summed E-state index contributed by atoms with van der Waals surface area (Å²) in [5.74, 6) is -25.5. The van der Waals surface area contributed by atoms with Crippen molar-refractivity contribution >= 4 is 29.2 Å². The van der Waals surface area contributed by atoms with Gasteiger partial charge in [0, 0.05) is 10.9 Å². The third kappa shape index (κ3) is 6.65. The summed E-state index contributed by atoms with van der Waals surface area (Å²) in [6.45, 7) is 7.74. The van der Waals surface area contributed by atoms with Crippen molar-refractivity contribution in [3.63, 3.8) is 0 Å². The van der Waals surface area contributed by atoms with Crippen LogP contribution in [0.15, 0.2) is 41.4 Å². The van der Waals surface area contributed by atoms with Gasteiger partial charge < -0.3 is 4.65 Å². The number of benzene rings is 3. The van der Waals surface area contributed by atoms with Gasteiger partial charge >= 0.3 is 6.92 Å². The minimum atomic E-state index is -3.02. The van der Waals surface area contributed by atoms with E-state index in [9.17, 15) is 43.9 Å². The zero-order valence-corrected chi connectivity index (χ0v) is 25.9. The topological polar surface area (TPSA) is 34.5 Å². The largest absolute Gasteiger partial charge is 0.418 e. The summed E-state index contributed by atoms with van der Waals surface area (Å²) in [7, 11) is 0. The summed E-state index contributed by atoms with van der Waals surface area (Å²) in [5, 5.41) is 0. The number of para-hydroxylation sites is 1. The molecule has 1 heterocycles. The van der Waals surface area contributed by atoms with E-state index in [4.69, 9.17) is 9.65 Å². The maximum Gasteiger partial charge on any atom is 0.374 e. The summed E-state index contributed by atoms with van der Waals surface area (Å²) in [6, 6.07) is 10.1. The highest BCUT2D eigenvalue weighted by Crippen LogP contribution is 2.35. The smallest absolute Gasteiger partial charge is 0.374 e. The van der Waals surface area contributed by atoms with Gasteiger partial charge in [-0.05, 0) is 48.9 Å². The average molecular weight is 668 g/mol. The Morgan fingerprint density at radius 2 is 0.979 bits per heavy atom. The second-order valence-electron chi connectivity index (χ2n) is 11.4. The SMILES string of the molecule is CC(=Nc1c(C(C)C)cccc1C(C)C)c1cccc(C(C)OB(c2c(F)c(F)c(F)c(F)c2F)c2c(F)c(F)c(F)c(F)c2F)n1. The Kier molecular flexibility index (Phi) is 10.5. The fourth-order valence-electron chi connectivity index (χ4n) is 5.00. The zero-order chi connectivity index (χ0) is 35.1. The van der Waals surface area contributed by atoms with Crippen LogP contribution in [0.4, 0.5) is 49.6 Å². The maximum atomic E-state index is 15.0. The molecule has 248 valence electrons. The molecule has 4 aromatic rings. The number of rotatable bonds is 9. The van der Waals surface area contributed by atoms with Crippen molar-refractivity contribution < 1.29 is 48.6 Å². The first-order chi connectivity index (χ1) is 22.0. The van der Waals surface area contributed by atoms with Crippen molar-refractivity contribution in [3.8, 4) is 0 Å². The first-order valence-electron chi connectivity index (χ1n) is 14.3. The molecule has 1 aromatic heterocycles. The number of hydrogen-bond acceptors (Lipinski definition) is 3. The van der Waals surface area contributed by atoms with Gasteiger partial charge in [0.15, 0.2) is 58.2 Å². The molecule has 0 saturated heterocycles. The minimum Gasteiger partial charge on any atom is -0.418 e. The molecule has 0 saturated carbocycles. The Labute approximate surface area is 264 Å². The lowest BCUT2D eigenvalue weighted by Crippen LogP contribution is -2.53. The highest BCUT2D eigenvalue weighted by atomic mass is 19.2. The van der Waals surface area contributed by atoms with E-state index in [2.05, 4.69) is 4.98 Å². The predicted molar refractivity (Wildman–Crippen MR) is 158 cm³/mol. The molecule has 0 amide bonds. The number of aliphatic imine (C=N–C) groups is 1. The Bertz CT molecular complexity index is 1730. The number of aromatic nitrogens is 1. The lowest BCUT2D eigenvalue weighted by Gasteiger charge is -2.23. The van der Waals surface area contributed by atoms with Crippen LogP contribution in [0, 0.1) is 58.2 Å². The molecule has 0 radical (unpaired) electrons. The maximum absolute atomic E-state index is 15.0. The summed E-state index contributed by atoms with van der Waals surface area (Å²) in [5.41, 5.74) is -0.789. The molecule has 0 spiro atoms. The fourth-order valence-corrected chi connectivity index (χ4v) is 5.00. The monoisotopic (exact) mass is 668 g/mol. The molecule has 47 heavy (non-hydrogen) atoms. The summed E-state index contributed by atoms with van der Waals surface area (Å²) in [4.78, 5) is 9.21. The van der Waals surface area contributed by atoms with E-state index in [1.165, 1.54) is 12.1 Å². The van der Waals surface area contributed by atoms with Gasteiger partial charge in [-0.25, -0.2) is 48.9 Å².